The number of hydrogen-bond acceptors (Lipinski definition) is 5. The number of aryl methyl sites for hydroxylation is 1. The highest BCUT2D eigenvalue weighted by Crippen LogP contribution is 2.16. The van der Waals surface area contributed by atoms with Gasteiger partial charge in [0.1, 0.15) is 5.82 Å². The molecule has 22 heavy (non-hydrogen) atoms. The van der Waals surface area contributed by atoms with Crippen LogP contribution in [-0.2, 0) is 11.2 Å². The summed E-state index contributed by atoms with van der Waals surface area (Å²) in [6.45, 7) is 1.40. The van der Waals surface area contributed by atoms with Crippen molar-refractivity contribution in [3.63, 3.8) is 0 Å². The van der Waals surface area contributed by atoms with Crippen molar-refractivity contribution in [3.8, 4) is 11.4 Å². The van der Waals surface area contributed by atoms with Crippen molar-refractivity contribution in [3.05, 3.63) is 36.0 Å². The molecule has 7 heteroatoms. The molecule has 1 heterocycles. The Kier molecular flexibility index (Phi) is 5.60. The number of rotatable bonds is 7. The Morgan fingerprint density at radius 3 is 2.73 bits per heavy atom. The summed E-state index contributed by atoms with van der Waals surface area (Å²) < 4.78 is 18.0. The van der Waals surface area contributed by atoms with Crippen LogP contribution < -0.4 is 5.32 Å². The number of likely N-dealkylation sites (N-methyl/N-ethyl adjacent to an activating group) is 1. The number of hydrogen-bond donors (Lipinski definition) is 1. The summed E-state index contributed by atoms with van der Waals surface area (Å²) in [6, 6.07) is 5.84. The molecule has 118 valence electrons. The minimum atomic E-state index is -0.318. The molecule has 1 amide bonds. The predicted molar refractivity (Wildman–Crippen MR) is 79.6 cm³/mol. The zero-order valence-electron chi connectivity index (χ0n) is 12.7. The molecule has 1 N–H and O–H groups in total. The van der Waals surface area contributed by atoms with Gasteiger partial charge in [0.25, 0.3) is 0 Å². The molecule has 0 fully saturated rings. The third-order valence-electron chi connectivity index (χ3n) is 3.02. The van der Waals surface area contributed by atoms with Gasteiger partial charge in [-0.15, -0.1) is 0 Å². The largest absolute Gasteiger partial charge is 0.355 e. The summed E-state index contributed by atoms with van der Waals surface area (Å²) in [5.41, 5.74) is 0.673. The molecule has 0 aliphatic carbocycles. The van der Waals surface area contributed by atoms with Crippen molar-refractivity contribution < 1.29 is 13.7 Å². The standard InChI is InChI=1S/C15H19FN4O2/c1-20(2)10-9-17-13(21)7-8-14-18-15(19-22-14)11-3-5-12(16)6-4-11/h3-6H,7-10H2,1-2H3,(H,17,21). The summed E-state index contributed by atoms with van der Waals surface area (Å²) in [4.78, 5) is 17.8. The maximum absolute atomic E-state index is 12.9. The lowest BCUT2D eigenvalue weighted by atomic mass is 10.2. The molecule has 0 bridgehead atoms. The van der Waals surface area contributed by atoms with Gasteiger partial charge in [0, 0.05) is 31.5 Å². The fourth-order valence-corrected chi connectivity index (χ4v) is 1.80. The van der Waals surface area contributed by atoms with E-state index in [-0.39, 0.29) is 11.7 Å². The highest BCUT2D eigenvalue weighted by molar-refractivity contribution is 5.76. The molecule has 1 aromatic carbocycles. The second kappa shape index (κ2) is 7.65. The number of benzene rings is 1. The normalized spacial score (nSPS) is 10.9. The SMILES string of the molecule is CN(C)CCNC(=O)CCc1nc(-c2ccc(F)cc2)no1. The van der Waals surface area contributed by atoms with Crippen LogP contribution in [0.15, 0.2) is 28.8 Å². The van der Waals surface area contributed by atoms with Crippen LogP contribution in [0.5, 0.6) is 0 Å². The summed E-state index contributed by atoms with van der Waals surface area (Å²) in [6.07, 6.45) is 0.667. The molecule has 2 rings (SSSR count). The third kappa shape index (κ3) is 4.92. The zero-order chi connectivity index (χ0) is 15.9. The first-order chi connectivity index (χ1) is 10.5. The fourth-order valence-electron chi connectivity index (χ4n) is 1.80. The average Bonchev–Trinajstić information content (AvgIpc) is 2.94. The van der Waals surface area contributed by atoms with Gasteiger partial charge in [-0.05, 0) is 38.4 Å². The molecular formula is C15H19FN4O2. The van der Waals surface area contributed by atoms with E-state index < -0.39 is 0 Å². The summed E-state index contributed by atoms with van der Waals surface area (Å²) in [7, 11) is 3.89. The maximum Gasteiger partial charge on any atom is 0.227 e. The van der Waals surface area contributed by atoms with Gasteiger partial charge in [-0.1, -0.05) is 5.16 Å². The van der Waals surface area contributed by atoms with Crippen LogP contribution in [0.25, 0.3) is 11.4 Å². The summed E-state index contributed by atoms with van der Waals surface area (Å²) >= 11 is 0. The Bertz CT molecular complexity index is 610. The third-order valence-corrected chi connectivity index (χ3v) is 3.02. The molecule has 0 aliphatic rings. The maximum atomic E-state index is 12.9. The van der Waals surface area contributed by atoms with Gasteiger partial charge >= 0.3 is 0 Å². The van der Waals surface area contributed by atoms with E-state index in [1.807, 2.05) is 19.0 Å². The molecule has 0 aliphatic heterocycles. The highest BCUT2D eigenvalue weighted by Gasteiger charge is 2.10. The minimum absolute atomic E-state index is 0.0524. The first-order valence-electron chi connectivity index (χ1n) is 7.04. The number of carbonyl (C=O) groups is 1. The van der Waals surface area contributed by atoms with Gasteiger partial charge in [0.2, 0.25) is 17.6 Å². The van der Waals surface area contributed by atoms with Gasteiger partial charge in [-0.25, -0.2) is 4.39 Å². The smallest absolute Gasteiger partial charge is 0.227 e. The van der Waals surface area contributed by atoms with Crippen LogP contribution in [-0.4, -0.2) is 48.1 Å². The first kappa shape index (κ1) is 16.1. The van der Waals surface area contributed by atoms with E-state index in [2.05, 4.69) is 15.5 Å². The number of amides is 1. The van der Waals surface area contributed by atoms with Crippen LogP contribution >= 0.6 is 0 Å². The lowest BCUT2D eigenvalue weighted by Crippen LogP contribution is -2.31. The molecule has 0 saturated heterocycles. The van der Waals surface area contributed by atoms with Gasteiger partial charge in [-0.3, -0.25) is 4.79 Å². The van der Waals surface area contributed by atoms with Crippen LogP contribution in [0.4, 0.5) is 4.39 Å². The molecule has 0 unspecified atom stereocenters. The van der Waals surface area contributed by atoms with Crippen molar-refractivity contribution in [1.82, 2.24) is 20.4 Å². The lowest BCUT2D eigenvalue weighted by Gasteiger charge is -2.09. The van der Waals surface area contributed by atoms with E-state index in [1.165, 1.54) is 12.1 Å². The van der Waals surface area contributed by atoms with Crippen LogP contribution in [0.2, 0.25) is 0 Å². The second-order valence-corrected chi connectivity index (χ2v) is 5.17. The number of halogens is 1. The minimum Gasteiger partial charge on any atom is -0.355 e. The molecule has 1 aromatic heterocycles. The zero-order valence-corrected chi connectivity index (χ0v) is 12.7. The fraction of sp³-hybridized carbons (Fsp3) is 0.400. The van der Waals surface area contributed by atoms with E-state index in [1.54, 1.807) is 12.1 Å². The summed E-state index contributed by atoms with van der Waals surface area (Å²) in [5, 5.41) is 6.65. The quantitative estimate of drug-likeness (QED) is 0.839. The number of nitrogens with zero attached hydrogens (tertiary/aromatic N) is 3. The van der Waals surface area contributed by atoms with Crippen LogP contribution in [0, 0.1) is 5.82 Å². The Morgan fingerprint density at radius 1 is 1.32 bits per heavy atom. The van der Waals surface area contributed by atoms with Gasteiger partial charge in [0.15, 0.2) is 0 Å². The molecule has 2 aromatic rings. The van der Waals surface area contributed by atoms with Crippen LogP contribution in [0.3, 0.4) is 0 Å². The molecule has 0 atom stereocenters. The molecule has 0 saturated carbocycles. The Morgan fingerprint density at radius 2 is 2.05 bits per heavy atom. The topological polar surface area (TPSA) is 71.3 Å². The van der Waals surface area contributed by atoms with E-state index in [0.717, 1.165) is 6.54 Å². The first-order valence-corrected chi connectivity index (χ1v) is 7.04. The second-order valence-electron chi connectivity index (χ2n) is 5.17. The van der Waals surface area contributed by atoms with Crippen molar-refractivity contribution >= 4 is 5.91 Å². The molecule has 0 spiro atoms. The van der Waals surface area contributed by atoms with Crippen molar-refractivity contribution in [2.75, 3.05) is 27.2 Å². The Labute approximate surface area is 128 Å². The summed E-state index contributed by atoms with van der Waals surface area (Å²) in [5.74, 6) is 0.412. The number of nitrogens with one attached hydrogen (secondary N) is 1. The molecular weight excluding hydrogens is 287 g/mol. The van der Waals surface area contributed by atoms with Crippen molar-refractivity contribution in [1.29, 1.82) is 0 Å². The Balaban J connectivity index is 1.82. The highest BCUT2D eigenvalue weighted by atomic mass is 19.1. The van der Waals surface area contributed by atoms with Gasteiger partial charge in [0.05, 0.1) is 0 Å². The van der Waals surface area contributed by atoms with Crippen molar-refractivity contribution in [2.24, 2.45) is 0 Å². The van der Waals surface area contributed by atoms with E-state index in [9.17, 15) is 9.18 Å². The van der Waals surface area contributed by atoms with Crippen molar-refractivity contribution in [2.45, 2.75) is 12.8 Å². The van der Waals surface area contributed by atoms with E-state index >= 15 is 0 Å². The molecule has 6 nitrogen and oxygen atoms in total. The average molecular weight is 306 g/mol. The van der Waals surface area contributed by atoms with Crippen LogP contribution in [0.1, 0.15) is 12.3 Å². The van der Waals surface area contributed by atoms with Gasteiger partial charge in [-0.2, -0.15) is 4.98 Å². The van der Waals surface area contributed by atoms with E-state index in [4.69, 9.17) is 4.52 Å². The Hall–Kier alpha value is -2.28. The number of aromatic nitrogens is 2. The lowest BCUT2D eigenvalue weighted by molar-refractivity contribution is -0.121. The number of carbonyl (C=O) groups excluding carboxylic acids is 1. The monoisotopic (exact) mass is 306 g/mol. The van der Waals surface area contributed by atoms with Gasteiger partial charge < -0.3 is 14.7 Å². The van der Waals surface area contributed by atoms with E-state index in [0.29, 0.717) is 36.7 Å². The predicted octanol–water partition coefficient (Wildman–Crippen LogP) is 1.49. The molecule has 0 radical (unpaired) electrons.